The molecule has 0 aromatic heterocycles. The number of ether oxygens (including phenoxy) is 1. The fraction of sp³-hybridized carbons (Fsp3) is 0.143. The number of carboxylic acids is 2. The lowest BCUT2D eigenvalue weighted by Gasteiger charge is -2.09. The van der Waals surface area contributed by atoms with E-state index in [1.54, 1.807) is 12.1 Å². The minimum Gasteiger partial charge on any atom is -0.481 e. The van der Waals surface area contributed by atoms with E-state index in [0.29, 0.717) is 26.7 Å². The molecule has 10 heteroatoms. The summed E-state index contributed by atoms with van der Waals surface area (Å²) in [5.41, 5.74) is 0.381. The predicted octanol–water partition coefficient (Wildman–Crippen LogP) is 2.03. The Labute approximate surface area is 148 Å². The largest absolute Gasteiger partial charge is 0.481 e. The molecular weight excluding hydrogens is 406 g/mol. The van der Waals surface area contributed by atoms with Crippen molar-refractivity contribution in [3.05, 3.63) is 33.1 Å². The summed E-state index contributed by atoms with van der Waals surface area (Å²) >= 11 is 3.85. The van der Waals surface area contributed by atoms with E-state index in [1.165, 1.54) is 12.1 Å². The number of halogens is 1. The van der Waals surface area contributed by atoms with Gasteiger partial charge in [0.05, 0.1) is 4.91 Å². The zero-order chi connectivity index (χ0) is 17.9. The Hall–Kier alpha value is -2.33. The van der Waals surface area contributed by atoms with Crippen LogP contribution < -0.4 is 4.74 Å². The summed E-state index contributed by atoms with van der Waals surface area (Å²) in [7, 11) is 0. The van der Waals surface area contributed by atoms with Crippen molar-refractivity contribution in [1.82, 2.24) is 4.90 Å². The fourth-order valence-electron chi connectivity index (χ4n) is 1.82. The number of carbonyl (C=O) groups is 4. The second-order valence-corrected chi connectivity index (χ2v) is 6.44. The summed E-state index contributed by atoms with van der Waals surface area (Å²) in [4.78, 5) is 45.8. The summed E-state index contributed by atoms with van der Waals surface area (Å²) in [6.07, 6.45) is 1.36. The van der Waals surface area contributed by atoms with Gasteiger partial charge in [-0.15, -0.1) is 0 Å². The van der Waals surface area contributed by atoms with Crippen molar-refractivity contribution in [2.75, 3.05) is 13.2 Å². The molecule has 126 valence electrons. The molecule has 0 bridgehead atoms. The number of benzene rings is 1. The first-order valence-corrected chi connectivity index (χ1v) is 8.00. The Kier molecular flexibility index (Phi) is 5.62. The number of hydrogen-bond donors (Lipinski definition) is 2. The molecule has 0 atom stereocenters. The summed E-state index contributed by atoms with van der Waals surface area (Å²) < 4.78 is 5.79. The molecule has 2 N–H and O–H groups in total. The Balaban J connectivity index is 2.32. The monoisotopic (exact) mass is 415 g/mol. The van der Waals surface area contributed by atoms with Gasteiger partial charge in [0.2, 0.25) is 0 Å². The molecule has 1 aromatic carbocycles. The van der Waals surface area contributed by atoms with Gasteiger partial charge in [0.1, 0.15) is 12.3 Å². The lowest BCUT2D eigenvalue weighted by atomic mass is 10.2. The molecule has 1 aliphatic heterocycles. The van der Waals surface area contributed by atoms with Crippen LogP contribution in [0.2, 0.25) is 0 Å². The second kappa shape index (κ2) is 7.49. The minimum atomic E-state index is -1.30. The van der Waals surface area contributed by atoms with Crippen LogP contribution in [0.4, 0.5) is 4.79 Å². The van der Waals surface area contributed by atoms with E-state index < -0.39 is 36.2 Å². The fourth-order valence-corrected chi connectivity index (χ4v) is 3.02. The van der Waals surface area contributed by atoms with Crippen LogP contribution in [0.5, 0.6) is 5.75 Å². The van der Waals surface area contributed by atoms with Crippen molar-refractivity contribution in [2.24, 2.45) is 0 Å². The van der Waals surface area contributed by atoms with Gasteiger partial charge in [-0.25, -0.2) is 4.79 Å². The molecule has 1 heterocycles. The van der Waals surface area contributed by atoms with E-state index in [0.717, 1.165) is 0 Å². The molecule has 0 saturated carbocycles. The highest BCUT2D eigenvalue weighted by molar-refractivity contribution is 9.10. The van der Waals surface area contributed by atoms with Crippen LogP contribution in [0.25, 0.3) is 6.08 Å². The quantitative estimate of drug-likeness (QED) is 0.676. The van der Waals surface area contributed by atoms with Crippen molar-refractivity contribution < 1.29 is 34.1 Å². The van der Waals surface area contributed by atoms with Crippen LogP contribution in [0.15, 0.2) is 27.6 Å². The maximum Gasteiger partial charge on any atom is 0.341 e. The summed E-state index contributed by atoms with van der Waals surface area (Å²) in [5.74, 6) is -2.97. The Bertz CT molecular complexity index is 761. The third-order valence-corrected chi connectivity index (χ3v) is 4.18. The zero-order valence-corrected chi connectivity index (χ0v) is 14.3. The van der Waals surface area contributed by atoms with E-state index in [4.69, 9.17) is 14.9 Å². The number of aliphatic carboxylic acids is 2. The summed E-state index contributed by atoms with van der Waals surface area (Å²) in [5, 5.41) is 16.7. The molecule has 1 saturated heterocycles. The lowest BCUT2D eigenvalue weighted by Crippen LogP contribution is -2.33. The molecule has 0 spiro atoms. The predicted molar refractivity (Wildman–Crippen MR) is 87.6 cm³/mol. The highest BCUT2D eigenvalue weighted by Gasteiger charge is 2.36. The Morgan fingerprint density at radius 1 is 1.25 bits per heavy atom. The van der Waals surface area contributed by atoms with E-state index in [-0.39, 0.29) is 10.7 Å². The van der Waals surface area contributed by atoms with Crippen LogP contribution >= 0.6 is 27.7 Å². The number of rotatable bonds is 6. The van der Waals surface area contributed by atoms with Gasteiger partial charge in [0.15, 0.2) is 6.61 Å². The van der Waals surface area contributed by atoms with Gasteiger partial charge in [-0.05, 0) is 36.0 Å². The number of imide groups is 1. The number of thioether (sulfide) groups is 1. The average molecular weight is 416 g/mol. The molecule has 1 aromatic rings. The number of carbonyl (C=O) groups excluding carboxylic acids is 2. The highest BCUT2D eigenvalue weighted by Crippen LogP contribution is 2.34. The molecule has 2 amide bonds. The molecule has 0 radical (unpaired) electrons. The number of carboxylic acid groups (broad SMARTS) is 2. The van der Waals surface area contributed by atoms with Crippen LogP contribution in [0.3, 0.4) is 0 Å². The van der Waals surface area contributed by atoms with Crippen molar-refractivity contribution >= 4 is 56.9 Å². The highest BCUT2D eigenvalue weighted by atomic mass is 79.9. The van der Waals surface area contributed by atoms with E-state index in [9.17, 15) is 19.2 Å². The molecule has 2 rings (SSSR count). The Morgan fingerprint density at radius 2 is 1.96 bits per heavy atom. The first-order chi connectivity index (χ1) is 11.3. The molecule has 8 nitrogen and oxygen atoms in total. The molecule has 1 fully saturated rings. The van der Waals surface area contributed by atoms with Crippen molar-refractivity contribution in [3.8, 4) is 5.75 Å². The maximum atomic E-state index is 12.1. The average Bonchev–Trinajstić information content (AvgIpc) is 2.73. The third kappa shape index (κ3) is 4.36. The van der Waals surface area contributed by atoms with Crippen molar-refractivity contribution in [2.45, 2.75) is 0 Å². The van der Waals surface area contributed by atoms with Gasteiger partial charge in [-0.3, -0.25) is 19.3 Å². The summed E-state index contributed by atoms with van der Waals surface area (Å²) in [6.45, 7) is -1.29. The third-order valence-electron chi connectivity index (χ3n) is 2.78. The van der Waals surface area contributed by atoms with Gasteiger partial charge in [-0.1, -0.05) is 15.9 Å². The van der Waals surface area contributed by atoms with E-state index >= 15 is 0 Å². The lowest BCUT2D eigenvalue weighted by molar-refractivity contribution is -0.140. The van der Waals surface area contributed by atoms with Crippen LogP contribution in [0.1, 0.15) is 5.56 Å². The number of nitrogens with zero attached hydrogens (tertiary/aromatic N) is 1. The summed E-state index contributed by atoms with van der Waals surface area (Å²) in [6, 6.07) is 4.73. The van der Waals surface area contributed by atoms with Crippen LogP contribution in [0, 0.1) is 0 Å². The topological polar surface area (TPSA) is 121 Å². The standard InChI is InChI=1S/C14H10BrNO7S/c15-8-1-2-9(23-6-12(19)20)7(3-8)4-10-13(21)16(5-11(17)18)14(22)24-10/h1-4H,5-6H2,(H,17,18)(H,19,20)/b10-4+. The van der Waals surface area contributed by atoms with Crippen LogP contribution in [-0.4, -0.2) is 51.3 Å². The Morgan fingerprint density at radius 3 is 2.58 bits per heavy atom. The van der Waals surface area contributed by atoms with Gasteiger partial charge in [0.25, 0.3) is 11.1 Å². The molecule has 24 heavy (non-hydrogen) atoms. The first-order valence-electron chi connectivity index (χ1n) is 6.39. The second-order valence-electron chi connectivity index (χ2n) is 4.53. The molecule has 0 aliphatic carbocycles. The van der Waals surface area contributed by atoms with Crippen molar-refractivity contribution in [1.29, 1.82) is 0 Å². The van der Waals surface area contributed by atoms with Gasteiger partial charge < -0.3 is 14.9 Å². The van der Waals surface area contributed by atoms with Crippen molar-refractivity contribution in [3.63, 3.8) is 0 Å². The van der Waals surface area contributed by atoms with Gasteiger partial charge in [-0.2, -0.15) is 0 Å². The maximum absolute atomic E-state index is 12.1. The normalized spacial score (nSPS) is 15.9. The zero-order valence-electron chi connectivity index (χ0n) is 11.9. The molecule has 0 unspecified atom stereocenters. The SMILES string of the molecule is O=C(O)COc1ccc(Br)cc1/C=C1/SC(=O)N(CC(=O)O)C1=O. The van der Waals surface area contributed by atoms with E-state index in [2.05, 4.69) is 15.9 Å². The first kappa shape index (κ1) is 18.0. The molecule has 1 aliphatic rings. The van der Waals surface area contributed by atoms with Crippen LogP contribution in [-0.2, 0) is 14.4 Å². The number of amides is 2. The van der Waals surface area contributed by atoms with Gasteiger partial charge in [0, 0.05) is 10.0 Å². The molecular formula is C14H10BrNO7S. The smallest absolute Gasteiger partial charge is 0.341 e. The number of hydrogen-bond acceptors (Lipinski definition) is 6. The van der Waals surface area contributed by atoms with E-state index in [1.807, 2.05) is 0 Å². The minimum absolute atomic E-state index is 0.0273. The van der Waals surface area contributed by atoms with Gasteiger partial charge >= 0.3 is 11.9 Å².